The minimum Gasteiger partial charge on any atom is -0.340 e. The lowest BCUT2D eigenvalue weighted by Gasteiger charge is -2.41. The number of nitrogens with zero attached hydrogens (tertiary/aromatic N) is 3. The minimum atomic E-state index is -4.29. The summed E-state index contributed by atoms with van der Waals surface area (Å²) in [5.41, 5.74) is 4.28. The molecule has 2 N–H and O–H groups in total. The average molecular weight is 621 g/mol. The van der Waals surface area contributed by atoms with E-state index in [0.717, 1.165) is 22.3 Å². The molecule has 13 heteroatoms. The van der Waals surface area contributed by atoms with E-state index in [1.807, 2.05) is 37.3 Å². The lowest BCUT2D eigenvalue weighted by Crippen LogP contribution is -2.50. The van der Waals surface area contributed by atoms with Gasteiger partial charge >= 0.3 is 0 Å². The highest BCUT2D eigenvalue weighted by Gasteiger charge is 2.38. The second-order valence-electron chi connectivity index (χ2n) is 10.0. The van der Waals surface area contributed by atoms with Crippen molar-refractivity contribution in [3.63, 3.8) is 0 Å². The smallest absolute Gasteiger partial charge is 0.283 e. The summed E-state index contributed by atoms with van der Waals surface area (Å²) in [5, 5.41) is 2.56. The van der Waals surface area contributed by atoms with Crippen LogP contribution in [0.15, 0.2) is 65.8 Å². The van der Waals surface area contributed by atoms with Crippen LogP contribution in [0, 0.1) is 13.8 Å². The standard InChI is InChI=1S/C28H33ClN4O6S2/c1-20-17-30-12-11-24(20)22-6-3-7-23(16-22)26-18-32(13-5-10-28(34)31-19-40(35,36)37)14-15-33(26)41(38,39)27-9-4-8-25(29)21(27)2/h3-4,6-9,11-12,16-17,26H,5,10,13-15,18-19H2,1-2H3,(H,31,34)(H,35,36,37). The van der Waals surface area contributed by atoms with Gasteiger partial charge in [-0.25, -0.2) is 8.42 Å². The van der Waals surface area contributed by atoms with Crippen molar-refractivity contribution in [2.75, 3.05) is 32.1 Å². The van der Waals surface area contributed by atoms with Gasteiger partial charge in [0.25, 0.3) is 10.1 Å². The van der Waals surface area contributed by atoms with Crippen molar-refractivity contribution >= 4 is 37.6 Å². The van der Waals surface area contributed by atoms with Crippen molar-refractivity contribution < 1.29 is 26.2 Å². The molecule has 1 aromatic heterocycles. The Bertz CT molecular complexity index is 1630. The lowest BCUT2D eigenvalue weighted by atomic mass is 9.97. The van der Waals surface area contributed by atoms with E-state index in [1.54, 1.807) is 37.5 Å². The number of carbonyl (C=O) groups is 1. The second kappa shape index (κ2) is 13.0. The predicted octanol–water partition coefficient (Wildman–Crippen LogP) is 3.81. The molecule has 1 unspecified atom stereocenters. The maximum absolute atomic E-state index is 14.0. The van der Waals surface area contributed by atoms with Crippen molar-refractivity contribution in [3.8, 4) is 11.1 Å². The fraction of sp³-hybridized carbons (Fsp3) is 0.357. The first-order valence-electron chi connectivity index (χ1n) is 13.1. The lowest BCUT2D eigenvalue weighted by molar-refractivity contribution is -0.121. The van der Waals surface area contributed by atoms with E-state index in [9.17, 15) is 21.6 Å². The SMILES string of the molecule is Cc1cnccc1-c1cccc(C2CN(CCCC(=O)NCS(=O)(=O)O)CCN2S(=O)(=O)c2cccc(Cl)c2C)c1. The molecule has 10 nitrogen and oxygen atoms in total. The summed E-state index contributed by atoms with van der Waals surface area (Å²) in [5.74, 6) is -1.32. The Morgan fingerprint density at radius 1 is 1.10 bits per heavy atom. The monoisotopic (exact) mass is 620 g/mol. The van der Waals surface area contributed by atoms with Gasteiger partial charge < -0.3 is 10.2 Å². The zero-order chi connectivity index (χ0) is 29.8. The fourth-order valence-electron chi connectivity index (χ4n) is 5.01. The topological polar surface area (TPSA) is 137 Å². The van der Waals surface area contributed by atoms with Crippen molar-refractivity contribution in [1.29, 1.82) is 0 Å². The van der Waals surface area contributed by atoms with E-state index in [4.69, 9.17) is 16.2 Å². The summed E-state index contributed by atoms with van der Waals surface area (Å²) in [6.45, 7) is 5.24. The van der Waals surface area contributed by atoms with Crippen LogP contribution in [0.4, 0.5) is 0 Å². The molecular formula is C28H33ClN4O6S2. The molecule has 0 aliphatic carbocycles. The van der Waals surface area contributed by atoms with E-state index < -0.39 is 38.0 Å². The molecule has 220 valence electrons. The third kappa shape index (κ3) is 7.70. The number of pyridine rings is 1. The largest absolute Gasteiger partial charge is 0.340 e. The first-order chi connectivity index (χ1) is 19.4. The third-order valence-electron chi connectivity index (χ3n) is 7.15. The first kappa shape index (κ1) is 31.1. The number of nitrogens with one attached hydrogen (secondary N) is 1. The van der Waals surface area contributed by atoms with Crippen LogP contribution in [0.1, 0.15) is 35.6 Å². The van der Waals surface area contributed by atoms with E-state index in [1.165, 1.54) is 4.31 Å². The molecule has 1 aliphatic rings. The van der Waals surface area contributed by atoms with Crippen molar-refractivity contribution in [2.24, 2.45) is 0 Å². The van der Waals surface area contributed by atoms with Gasteiger partial charge in [-0.1, -0.05) is 35.9 Å². The highest BCUT2D eigenvalue weighted by atomic mass is 35.5. The van der Waals surface area contributed by atoms with Gasteiger partial charge in [-0.3, -0.25) is 14.3 Å². The van der Waals surface area contributed by atoms with Crippen molar-refractivity contribution in [3.05, 3.63) is 82.6 Å². The van der Waals surface area contributed by atoms with Gasteiger partial charge in [0.2, 0.25) is 15.9 Å². The maximum atomic E-state index is 14.0. The minimum absolute atomic E-state index is 0.0667. The van der Waals surface area contributed by atoms with Crippen molar-refractivity contribution in [1.82, 2.24) is 19.5 Å². The Balaban J connectivity index is 1.61. The number of benzene rings is 2. The van der Waals surface area contributed by atoms with E-state index >= 15 is 0 Å². The molecule has 2 heterocycles. The molecule has 4 rings (SSSR count). The normalized spacial score (nSPS) is 16.9. The average Bonchev–Trinajstić information content (AvgIpc) is 2.93. The predicted molar refractivity (Wildman–Crippen MR) is 157 cm³/mol. The molecule has 0 bridgehead atoms. The first-order valence-corrected chi connectivity index (χ1v) is 16.5. The number of amides is 1. The van der Waals surface area contributed by atoms with Crippen LogP contribution in [0.2, 0.25) is 5.02 Å². The van der Waals surface area contributed by atoms with Gasteiger partial charge in [0.15, 0.2) is 0 Å². The van der Waals surface area contributed by atoms with E-state index in [-0.39, 0.29) is 17.9 Å². The Hall–Kier alpha value is -2.87. The second-order valence-corrected chi connectivity index (χ2v) is 13.8. The van der Waals surface area contributed by atoms with Crippen LogP contribution in [-0.4, -0.2) is 73.5 Å². The van der Waals surface area contributed by atoms with Gasteiger partial charge in [-0.05, 0) is 78.9 Å². The summed E-state index contributed by atoms with van der Waals surface area (Å²) >= 11 is 6.29. The molecule has 0 saturated carbocycles. The van der Waals surface area contributed by atoms with Gasteiger partial charge in [-0.2, -0.15) is 12.7 Å². The molecule has 2 aromatic carbocycles. The zero-order valence-electron chi connectivity index (χ0n) is 22.8. The summed E-state index contributed by atoms with van der Waals surface area (Å²) in [4.78, 5) is 18.4. The highest BCUT2D eigenvalue weighted by molar-refractivity contribution is 7.89. The number of piperazine rings is 1. The summed E-state index contributed by atoms with van der Waals surface area (Å²) < 4.78 is 60.2. The number of rotatable bonds is 10. The fourth-order valence-corrected chi connectivity index (χ4v) is 7.43. The molecule has 1 fully saturated rings. The Morgan fingerprint density at radius 2 is 1.85 bits per heavy atom. The van der Waals surface area contributed by atoms with Gasteiger partial charge in [0, 0.05) is 43.5 Å². The van der Waals surface area contributed by atoms with E-state index in [2.05, 4.69) is 15.2 Å². The number of hydrogen-bond acceptors (Lipinski definition) is 7. The van der Waals surface area contributed by atoms with E-state index in [0.29, 0.717) is 36.6 Å². The number of hydrogen-bond donors (Lipinski definition) is 2. The summed E-state index contributed by atoms with van der Waals surface area (Å²) in [7, 11) is -8.20. The van der Waals surface area contributed by atoms with Gasteiger partial charge in [-0.15, -0.1) is 0 Å². The van der Waals surface area contributed by atoms with Crippen LogP contribution < -0.4 is 5.32 Å². The van der Waals surface area contributed by atoms with Crippen LogP contribution >= 0.6 is 11.6 Å². The quantitative estimate of drug-likeness (QED) is 0.327. The van der Waals surface area contributed by atoms with Crippen LogP contribution in [0.5, 0.6) is 0 Å². The van der Waals surface area contributed by atoms with Crippen LogP contribution in [0.25, 0.3) is 11.1 Å². The summed E-state index contributed by atoms with van der Waals surface area (Å²) in [6, 6.07) is 14.1. The molecule has 41 heavy (non-hydrogen) atoms. The van der Waals surface area contributed by atoms with Crippen LogP contribution in [0.3, 0.4) is 0 Å². The Morgan fingerprint density at radius 3 is 2.59 bits per heavy atom. The molecule has 1 atom stereocenters. The maximum Gasteiger partial charge on any atom is 0.283 e. The molecule has 1 saturated heterocycles. The van der Waals surface area contributed by atoms with Gasteiger partial charge in [0.1, 0.15) is 5.88 Å². The number of sulfonamides is 1. The molecule has 0 spiro atoms. The number of carbonyl (C=O) groups excluding carboxylic acids is 1. The Labute approximate surface area is 246 Å². The zero-order valence-corrected chi connectivity index (χ0v) is 25.2. The van der Waals surface area contributed by atoms with Gasteiger partial charge in [0.05, 0.1) is 10.9 Å². The van der Waals surface area contributed by atoms with Crippen LogP contribution in [-0.2, 0) is 24.9 Å². The molecule has 3 aromatic rings. The molecular weight excluding hydrogens is 588 g/mol. The number of halogens is 1. The Kier molecular flexibility index (Phi) is 9.83. The van der Waals surface area contributed by atoms with Crippen molar-refractivity contribution in [2.45, 2.75) is 37.6 Å². The number of aromatic nitrogens is 1. The summed E-state index contributed by atoms with van der Waals surface area (Å²) in [6.07, 6.45) is 4.01. The molecule has 1 amide bonds. The third-order valence-corrected chi connectivity index (χ3v) is 10.1. The highest BCUT2D eigenvalue weighted by Crippen LogP contribution is 2.35. The molecule has 1 aliphatic heterocycles. The molecule has 0 radical (unpaired) electrons. The number of aryl methyl sites for hydroxylation is 1.